The zero-order chi connectivity index (χ0) is 6.97. The largest absolute Gasteiger partial charge is 0.323 e. The van der Waals surface area contributed by atoms with Crippen LogP contribution in [0.2, 0.25) is 0 Å². The molecular formula is C7H6BrN2+. The Balaban J connectivity index is 2.83. The minimum Gasteiger partial charge on any atom is -0.202 e. The van der Waals surface area contributed by atoms with Gasteiger partial charge in [-0.05, 0) is 22.0 Å². The molecule has 3 heteroatoms. The Morgan fingerprint density at radius 3 is 3.20 bits per heavy atom. The van der Waals surface area contributed by atoms with E-state index in [2.05, 4.69) is 20.9 Å². The smallest absolute Gasteiger partial charge is 0.202 e. The first-order chi connectivity index (χ1) is 4.86. The lowest BCUT2D eigenvalue weighted by Gasteiger charge is -1.73. The summed E-state index contributed by atoms with van der Waals surface area (Å²) in [6.45, 7) is 0. The third-order valence-corrected chi connectivity index (χ3v) is 1.85. The number of hydrogen-bond donors (Lipinski definition) is 0. The second kappa shape index (κ2) is 2.16. The van der Waals surface area contributed by atoms with Gasteiger partial charge >= 0.3 is 5.49 Å². The fourth-order valence-corrected chi connectivity index (χ4v) is 1.44. The maximum absolute atomic E-state index is 4.28. The van der Waals surface area contributed by atoms with Crippen molar-refractivity contribution in [3.8, 4) is 0 Å². The Morgan fingerprint density at radius 2 is 2.40 bits per heavy atom. The lowest BCUT2D eigenvalue weighted by Crippen LogP contribution is -2.32. The van der Waals surface area contributed by atoms with E-state index in [0.29, 0.717) is 0 Å². The van der Waals surface area contributed by atoms with Gasteiger partial charge in [0.15, 0.2) is 0 Å². The van der Waals surface area contributed by atoms with Crippen LogP contribution in [0.25, 0.3) is 0 Å². The molecule has 0 saturated carbocycles. The fraction of sp³-hybridized carbons (Fsp3) is 0.143. The first-order valence-corrected chi connectivity index (χ1v) is 3.98. The van der Waals surface area contributed by atoms with Gasteiger partial charge in [0.25, 0.3) is 0 Å². The first-order valence-electron chi connectivity index (χ1n) is 3.06. The molecule has 0 N–H and O–H groups in total. The summed E-state index contributed by atoms with van der Waals surface area (Å²) in [7, 11) is 0. The van der Waals surface area contributed by atoms with E-state index in [1.165, 1.54) is 0 Å². The van der Waals surface area contributed by atoms with Crippen molar-refractivity contribution in [2.75, 3.05) is 0 Å². The van der Waals surface area contributed by atoms with Crippen LogP contribution in [0.1, 0.15) is 0 Å². The molecule has 1 aromatic heterocycles. The summed E-state index contributed by atoms with van der Waals surface area (Å²) < 4.78 is 2.00. The quantitative estimate of drug-likeness (QED) is 0.325. The molecular weight excluding hydrogens is 192 g/mol. The van der Waals surface area contributed by atoms with Crippen LogP contribution in [0.4, 0.5) is 0 Å². The molecule has 2 rings (SSSR count). The topological polar surface area (TPSA) is 18.3 Å². The summed E-state index contributed by atoms with van der Waals surface area (Å²) in [5.74, 6) is 0. The van der Waals surface area contributed by atoms with Crippen molar-refractivity contribution in [3.63, 3.8) is 0 Å². The summed E-state index contributed by atoms with van der Waals surface area (Å²) in [5, 5.41) is 0. The molecule has 0 aromatic carbocycles. The molecule has 1 atom stereocenters. The van der Waals surface area contributed by atoms with Crippen LogP contribution in [0.3, 0.4) is 0 Å². The third-order valence-electron chi connectivity index (χ3n) is 1.41. The van der Waals surface area contributed by atoms with Gasteiger partial charge in [-0.2, -0.15) is 0 Å². The third kappa shape index (κ3) is 0.865. The second-order valence-corrected chi connectivity index (χ2v) is 3.06. The van der Waals surface area contributed by atoms with E-state index in [1.807, 2.05) is 34.9 Å². The number of fused-ring (bicyclic) bond motifs is 1. The van der Waals surface area contributed by atoms with Gasteiger partial charge in [0.1, 0.15) is 6.21 Å². The number of nitrogens with zero attached hydrogens (tertiary/aromatic N) is 2. The average molecular weight is 198 g/mol. The van der Waals surface area contributed by atoms with Crippen LogP contribution in [0.15, 0.2) is 29.4 Å². The second-order valence-electron chi connectivity index (χ2n) is 2.12. The molecule has 1 aliphatic heterocycles. The highest BCUT2D eigenvalue weighted by Crippen LogP contribution is 1.99. The van der Waals surface area contributed by atoms with Gasteiger partial charge in [-0.3, -0.25) is 0 Å². The van der Waals surface area contributed by atoms with Crippen molar-refractivity contribution >= 4 is 15.9 Å². The highest BCUT2D eigenvalue weighted by atomic mass is 79.9. The summed E-state index contributed by atoms with van der Waals surface area (Å²) in [6, 6.07) is 5.95. The Bertz CT molecular complexity index is 323. The number of halogens is 1. The molecule has 50 valence electrons. The van der Waals surface area contributed by atoms with Crippen LogP contribution in [-0.2, 0) is 0 Å². The normalized spacial score (nSPS) is 21.1. The monoisotopic (exact) mass is 197 g/mol. The molecule has 2 nitrogen and oxygen atoms in total. The van der Waals surface area contributed by atoms with E-state index < -0.39 is 0 Å². The molecule has 2 heterocycles. The minimum absolute atomic E-state index is 0.148. The highest BCUT2D eigenvalue weighted by molar-refractivity contribution is 9.09. The lowest BCUT2D eigenvalue weighted by molar-refractivity contribution is -0.522. The van der Waals surface area contributed by atoms with Crippen LogP contribution >= 0.6 is 15.9 Å². The number of rotatable bonds is 0. The van der Waals surface area contributed by atoms with Crippen molar-refractivity contribution in [2.45, 2.75) is 4.95 Å². The molecule has 1 unspecified atom stereocenters. The van der Waals surface area contributed by atoms with E-state index in [-0.39, 0.29) is 4.95 Å². The number of alkyl halides is 1. The molecule has 0 spiro atoms. The van der Waals surface area contributed by atoms with Crippen LogP contribution < -0.4 is 9.73 Å². The molecule has 1 aromatic rings. The average Bonchev–Trinajstić information content (AvgIpc) is 2.27. The Hall–Kier alpha value is -0.700. The van der Waals surface area contributed by atoms with Crippen molar-refractivity contribution in [1.82, 2.24) is 0 Å². The van der Waals surface area contributed by atoms with Crippen LogP contribution in [0, 0.1) is 6.21 Å². The van der Waals surface area contributed by atoms with Gasteiger partial charge in [0.2, 0.25) is 4.95 Å². The number of pyridine rings is 1. The molecule has 0 amide bonds. The maximum Gasteiger partial charge on any atom is 0.323 e. The molecule has 10 heavy (non-hydrogen) atoms. The van der Waals surface area contributed by atoms with Gasteiger partial charge in [-0.1, -0.05) is 11.1 Å². The van der Waals surface area contributed by atoms with Crippen molar-refractivity contribution < 1.29 is 4.24 Å². The Labute approximate surface area is 66.7 Å². The first kappa shape index (κ1) is 6.04. The van der Waals surface area contributed by atoms with Gasteiger partial charge in [0, 0.05) is 6.07 Å². The summed E-state index contributed by atoms with van der Waals surface area (Å²) in [5.41, 5.74) is 1.00. The SMILES string of the molecule is BrC1C=[n+]2ccccc2=N1. The predicted octanol–water partition coefficient (Wildman–Crippen LogP) is 0.338. The molecule has 0 saturated heterocycles. The molecule has 0 aliphatic carbocycles. The Morgan fingerprint density at radius 1 is 1.50 bits per heavy atom. The van der Waals surface area contributed by atoms with E-state index in [0.717, 1.165) is 5.49 Å². The standard InChI is InChI=1S/C7H6BrN2/c8-6-5-10-4-2-1-3-7(10)9-6/h1-6H/q+1. The maximum atomic E-state index is 4.28. The summed E-state index contributed by atoms with van der Waals surface area (Å²) >= 11 is 3.38. The van der Waals surface area contributed by atoms with Crippen LogP contribution in [0.5, 0.6) is 0 Å². The highest BCUT2D eigenvalue weighted by Gasteiger charge is 2.12. The van der Waals surface area contributed by atoms with Crippen LogP contribution in [-0.4, -0.2) is 4.95 Å². The van der Waals surface area contributed by atoms with E-state index in [4.69, 9.17) is 0 Å². The van der Waals surface area contributed by atoms with Gasteiger partial charge in [-0.25, -0.2) is 4.24 Å². The van der Waals surface area contributed by atoms with Crippen molar-refractivity contribution in [2.24, 2.45) is 4.99 Å². The number of hydrogen-bond acceptors (Lipinski definition) is 1. The molecule has 1 aliphatic rings. The fourth-order valence-electron chi connectivity index (χ4n) is 0.974. The molecule has 0 bridgehead atoms. The van der Waals surface area contributed by atoms with E-state index >= 15 is 0 Å². The van der Waals surface area contributed by atoms with Crippen molar-refractivity contribution in [3.05, 3.63) is 36.1 Å². The Kier molecular flexibility index (Phi) is 1.31. The van der Waals surface area contributed by atoms with Gasteiger partial charge in [0.05, 0.1) is 6.20 Å². The van der Waals surface area contributed by atoms with Crippen molar-refractivity contribution in [1.29, 1.82) is 0 Å². The summed E-state index contributed by atoms with van der Waals surface area (Å²) in [4.78, 5) is 4.42. The minimum atomic E-state index is 0.148. The molecule has 0 radical (unpaired) electrons. The van der Waals surface area contributed by atoms with Gasteiger partial charge < -0.3 is 0 Å². The predicted molar refractivity (Wildman–Crippen MR) is 40.2 cm³/mol. The summed E-state index contributed by atoms with van der Waals surface area (Å²) in [6.07, 6.45) is 4.00. The number of aromatic nitrogens is 1. The van der Waals surface area contributed by atoms with E-state index in [9.17, 15) is 0 Å². The molecule has 0 fully saturated rings. The van der Waals surface area contributed by atoms with E-state index in [1.54, 1.807) is 0 Å². The zero-order valence-corrected chi connectivity index (χ0v) is 6.82. The van der Waals surface area contributed by atoms with Gasteiger partial charge in [-0.15, -0.1) is 0 Å². The lowest BCUT2D eigenvalue weighted by atomic mass is 10.5. The zero-order valence-electron chi connectivity index (χ0n) is 5.24.